The molecule has 0 spiro atoms. The number of carbonyl (C=O) groups is 6. The third kappa shape index (κ3) is 4.89. The maximum atomic E-state index is 14.0. The Kier molecular flexibility index (Phi) is 7.52. The minimum atomic E-state index is -2.74. The van der Waals surface area contributed by atoms with E-state index in [1.165, 1.54) is 6.07 Å². The number of nitrogens with one attached hydrogen (secondary N) is 1. The minimum absolute atomic E-state index is 0.00224. The predicted octanol–water partition coefficient (Wildman–Crippen LogP) is 3.22. The number of carbonyl (C=O) groups excluding carboxylic acids is 6. The third-order valence-corrected chi connectivity index (χ3v) is 9.04. The van der Waals surface area contributed by atoms with Crippen molar-refractivity contribution in [2.75, 3.05) is 5.32 Å². The van der Waals surface area contributed by atoms with Gasteiger partial charge in [0.1, 0.15) is 11.4 Å². The molecule has 44 heavy (non-hydrogen) atoms. The number of anilines is 1. The van der Waals surface area contributed by atoms with E-state index in [1.54, 1.807) is 65.0 Å². The number of amides is 2. The van der Waals surface area contributed by atoms with Crippen LogP contribution in [0, 0.1) is 35.5 Å². The zero-order valence-electron chi connectivity index (χ0n) is 25.2. The van der Waals surface area contributed by atoms with E-state index in [9.17, 15) is 39.0 Å². The van der Waals surface area contributed by atoms with E-state index in [4.69, 9.17) is 10.5 Å². The van der Waals surface area contributed by atoms with Crippen LogP contribution in [0.4, 0.5) is 10.5 Å². The molecule has 232 valence electrons. The molecule has 2 amide bonds. The number of phenols is 1. The average Bonchev–Trinajstić information content (AvgIpc) is 2.90. The number of hydrogen-bond acceptors (Lipinski definition) is 9. The Morgan fingerprint density at radius 2 is 1.66 bits per heavy atom. The first-order valence-corrected chi connectivity index (χ1v) is 14.6. The molecular formula is C33H36N2O9. The van der Waals surface area contributed by atoms with E-state index in [-0.39, 0.29) is 24.2 Å². The summed E-state index contributed by atoms with van der Waals surface area (Å²) in [6.45, 7) is 8.65. The molecule has 11 heteroatoms. The summed E-state index contributed by atoms with van der Waals surface area (Å²) in [5.41, 5.74) is 4.15. The summed E-state index contributed by atoms with van der Waals surface area (Å²) in [5.74, 6) is -12.1. The molecule has 6 atom stereocenters. The Hall–Kier alpha value is -4.38. The van der Waals surface area contributed by atoms with Crippen LogP contribution in [0.1, 0.15) is 57.0 Å². The molecule has 0 bridgehead atoms. The van der Waals surface area contributed by atoms with Crippen molar-refractivity contribution < 1.29 is 43.7 Å². The molecule has 2 aromatic carbocycles. The smallest absolute Gasteiger partial charge is 0.412 e. The number of rotatable bonds is 4. The van der Waals surface area contributed by atoms with Gasteiger partial charge >= 0.3 is 6.09 Å². The molecule has 2 fully saturated rings. The Morgan fingerprint density at radius 3 is 2.23 bits per heavy atom. The van der Waals surface area contributed by atoms with E-state index >= 15 is 0 Å². The Balaban J connectivity index is 1.53. The molecule has 0 radical (unpaired) electrons. The van der Waals surface area contributed by atoms with Crippen LogP contribution in [0.2, 0.25) is 0 Å². The summed E-state index contributed by atoms with van der Waals surface area (Å²) >= 11 is 0. The topological polar surface area (TPSA) is 190 Å². The van der Waals surface area contributed by atoms with Gasteiger partial charge in [-0.3, -0.25) is 29.3 Å². The summed E-state index contributed by atoms with van der Waals surface area (Å²) < 4.78 is 5.29. The predicted molar refractivity (Wildman–Crippen MR) is 158 cm³/mol. The molecule has 0 saturated heterocycles. The lowest BCUT2D eigenvalue weighted by molar-refractivity contribution is -0.182. The molecule has 5 N–H and O–H groups in total. The standard InChI is InChI=1S/C33H36N2O9/c1-14(2)22-20-13-16-12-19-18(15-6-8-17(9-7-15)35-31(42)44-32(3,4)5)10-11-21(36)24(19)27(38)23(16)28(39)33(20,43)29(40)25(26(22)37)30(34)41/h6-11,14,16,20,22-23,25,36,43H,12-13H2,1-5H3,(H2,34,41)(H,35,42)/t16-,20-,22-,23?,25?,33-/m0/s1. The van der Waals surface area contributed by atoms with Gasteiger partial charge in [-0.1, -0.05) is 32.0 Å². The maximum Gasteiger partial charge on any atom is 0.412 e. The van der Waals surface area contributed by atoms with Gasteiger partial charge in [-0.2, -0.15) is 0 Å². The van der Waals surface area contributed by atoms with Crippen LogP contribution >= 0.6 is 0 Å². The molecule has 2 aromatic rings. The quantitative estimate of drug-likeness (QED) is 0.380. The van der Waals surface area contributed by atoms with Gasteiger partial charge in [-0.25, -0.2) is 4.79 Å². The van der Waals surface area contributed by atoms with Crippen molar-refractivity contribution in [1.29, 1.82) is 0 Å². The summed E-state index contributed by atoms with van der Waals surface area (Å²) in [5, 5.41) is 25.2. The number of benzene rings is 2. The van der Waals surface area contributed by atoms with Crippen LogP contribution in [-0.4, -0.2) is 56.5 Å². The van der Waals surface area contributed by atoms with Crippen LogP contribution in [-0.2, 0) is 30.3 Å². The van der Waals surface area contributed by atoms with Gasteiger partial charge in [0.2, 0.25) is 5.91 Å². The van der Waals surface area contributed by atoms with Gasteiger partial charge in [0.25, 0.3) is 0 Å². The van der Waals surface area contributed by atoms with Gasteiger partial charge in [-0.15, -0.1) is 0 Å². The third-order valence-electron chi connectivity index (χ3n) is 9.04. The fourth-order valence-electron chi connectivity index (χ4n) is 7.28. The normalized spacial score (nSPS) is 28.2. The lowest BCUT2D eigenvalue weighted by Crippen LogP contribution is -2.71. The molecule has 0 aromatic heterocycles. The lowest BCUT2D eigenvalue weighted by Gasteiger charge is -2.52. The molecule has 2 saturated carbocycles. The highest BCUT2D eigenvalue weighted by atomic mass is 16.6. The van der Waals surface area contributed by atoms with Crippen molar-refractivity contribution in [3.8, 4) is 16.9 Å². The van der Waals surface area contributed by atoms with Gasteiger partial charge in [0.15, 0.2) is 34.7 Å². The highest BCUT2D eigenvalue weighted by Crippen LogP contribution is 2.53. The number of ketones is 4. The first-order valence-electron chi connectivity index (χ1n) is 14.6. The SMILES string of the molecule is CC(C)[C@@H]1C(=O)C(C(N)=O)C(=O)[C@@]2(O)C(=O)C3C(=O)c4c(O)ccc(-c5ccc(NC(=O)OC(C)(C)C)cc5)c4C[C@H]3C[C@@H]12. The molecule has 11 nitrogen and oxygen atoms in total. The van der Waals surface area contributed by atoms with Crippen LogP contribution < -0.4 is 11.1 Å². The summed E-state index contributed by atoms with van der Waals surface area (Å²) in [6.07, 6.45) is -0.469. The second-order valence-corrected chi connectivity index (χ2v) is 13.3. The maximum absolute atomic E-state index is 14.0. The number of nitrogens with two attached hydrogens (primary N) is 1. The van der Waals surface area contributed by atoms with Crippen molar-refractivity contribution in [2.24, 2.45) is 41.2 Å². The Labute approximate surface area is 254 Å². The number of aliphatic hydroxyl groups is 1. The van der Waals surface area contributed by atoms with Crippen LogP contribution in [0.15, 0.2) is 36.4 Å². The lowest BCUT2D eigenvalue weighted by atomic mass is 9.49. The number of Topliss-reactive ketones (excluding diaryl/α,β-unsaturated/α-hetero) is 4. The van der Waals surface area contributed by atoms with Crippen molar-refractivity contribution in [2.45, 2.75) is 58.7 Å². The Bertz CT molecular complexity index is 1600. The van der Waals surface area contributed by atoms with Crippen molar-refractivity contribution in [3.05, 3.63) is 47.5 Å². The minimum Gasteiger partial charge on any atom is -0.507 e. The number of aromatic hydroxyl groups is 1. The van der Waals surface area contributed by atoms with Crippen LogP contribution in [0.3, 0.4) is 0 Å². The van der Waals surface area contributed by atoms with Gasteiger partial charge in [0, 0.05) is 17.5 Å². The fourth-order valence-corrected chi connectivity index (χ4v) is 7.28. The number of hydrogen-bond donors (Lipinski definition) is 4. The monoisotopic (exact) mass is 604 g/mol. The fraction of sp³-hybridized carbons (Fsp3) is 0.455. The van der Waals surface area contributed by atoms with Gasteiger partial charge in [0.05, 0.1) is 11.5 Å². The van der Waals surface area contributed by atoms with Gasteiger partial charge in [-0.05, 0) is 80.3 Å². The number of ether oxygens (including phenoxy) is 1. The van der Waals surface area contributed by atoms with E-state index in [0.717, 1.165) is 0 Å². The van der Waals surface area contributed by atoms with E-state index in [1.807, 2.05) is 0 Å². The number of fused-ring (bicyclic) bond motifs is 3. The molecule has 2 unspecified atom stereocenters. The van der Waals surface area contributed by atoms with E-state index in [2.05, 4.69) is 5.32 Å². The highest BCUT2D eigenvalue weighted by Gasteiger charge is 2.69. The zero-order chi connectivity index (χ0) is 32.5. The molecule has 5 rings (SSSR count). The summed E-state index contributed by atoms with van der Waals surface area (Å²) in [7, 11) is 0. The van der Waals surface area contributed by atoms with Crippen LogP contribution in [0.25, 0.3) is 11.1 Å². The van der Waals surface area contributed by atoms with E-state index in [0.29, 0.717) is 22.4 Å². The van der Waals surface area contributed by atoms with Crippen molar-refractivity contribution >= 4 is 40.8 Å². The average molecular weight is 605 g/mol. The second kappa shape index (κ2) is 10.7. The largest absolute Gasteiger partial charge is 0.507 e. The van der Waals surface area contributed by atoms with Crippen molar-refractivity contribution in [1.82, 2.24) is 0 Å². The molecule has 0 heterocycles. The number of phenolic OH excluding ortho intramolecular Hbond substituents is 1. The Morgan fingerprint density at radius 1 is 1.02 bits per heavy atom. The summed E-state index contributed by atoms with van der Waals surface area (Å²) in [6, 6.07) is 9.79. The molecule has 0 aliphatic heterocycles. The van der Waals surface area contributed by atoms with Gasteiger partial charge < -0.3 is 20.7 Å². The molecule has 3 aliphatic rings. The van der Waals surface area contributed by atoms with Crippen molar-refractivity contribution in [3.63, 3.8) is 0 Å². The first kappa shape index (κ1) is 31.1. The first-order chi connectivity index (χ1) is 20.5. The number of primary amides is 1. The highest BCUT2D eigenvalue weighted by molar-refractivity contribution is 6.32. The molecular weight excluding hydrogens is 568 g/mol. The van der Waals surface area contributed by atoms with Crippen LogP contribution in [0.5, 0.6) is 5.75 Å². The van der Waals surface area contributed by atoms with E-state index < -0.39 is 81.8 Å². The zero-order valence-corrected chi connectivity index (χ0v) is 25.2. The second-order valence-electron chi connectivity index (χ2n) is 13.3. The molecule has 3 aliphatic carbocycles. The summed E-state index contributed by atoms with van der Waals surface area (Å²) in [4.78, 5) is 79.0.